The largest absolute Gasteiger partial charge is 0.416 e. The number of anilines is 1. The molecule has 0 unspecified atom stereocenters. The van der Waals surface area contributed by atoms with Crippen LogP contribution in [0.1, 0.15) is 21.5 Å². The molecular formula is C15H11BrF3NO. The van der Waals surface area contributed by atoms with Crippen LogP contribution in [0.3, 0.4) is 0 Å². The van der Waals surface area contributed by atoms with Crippen LogP contribution in [0.2, 0.25) is 0 Å². The predicted octanol–water partition coefficient (Wildman–Crippen LogP) is 5.03. The summed E-state index contributed by atoms with van der Waals surface area (Å²) in [6.07, 6.45) is -4.47. The first kappa shape index (κ1) is 15.6. The number of halogens is 4. The predicted molar refractivity (Wildman–Crippen MR) is 78.3 cm³/mol. The third-order valence-electron chi connectivity index (χ3n) is 2.89. The molecule has 2 rings (SSSR count). The topological polar surface area (TPSA) is 29.1 Å². The highest BCUT2D eigenvalue weighted by Gasteiger charge is 2.30. The van der Waals surface area contributed by atoms with Crippen molar-refractivity contribution >= 4 is 27.5 Å². The maximum Gasteiger partial charge on any atom is 0.416 e. The van der Waals surface area contributed by atoms with Crippen LogP contribution < -0.4 is 5.32 Å². The van der Waals surface area contributed by atoms with Crippen molar-refractivity contribution in [2.24, 2.45) is 0 Å². The van der Waals surface area contributed by atoms with Crippen molar-refractivity contribution in [2.45, 2.75) is 13.1 Å². The fourth-order valence-corrected chi connectivity index (χ4v) is 2.14. The van der Waals surface area contributed by atoms with Crippen molar-refractivity contribution in [1.82, 2.24) is 0 Å². The van der Waals surface area contributed by atoms with Gasteiger partial charge in [0.1, 0.15) is 0 Å². The Hall–Kier alpha value is -1.82. The van der Waals surface area contributed by atoms with Gasteiger partial charge in [0.25, 0.3) is 5.91 Å². The number of hydrogen-bond acceptors (Lipinski definition) is 1. The summed E-state index contributed by atoms with van der Waals surface area (Å²) >= 11 is 3.33. The summed E-state index contributed by atoms with van der Waals surface area (Å²) in [7, 11) is 0. The normalized spacial score (nSPS) is 11.3. The molecule has 0 aliphatic carbocycles. The van der Waals surface area contributed by atoms with Crippen LogP contribution in [0.15, 0.2) is 46.9 Å². The lowest BCUT2D eigenvalue weighted by atomic mass is 10.1. The fourth-order valence-electron chi connectivity index (χ4n) is 1.78. The minimum Gasteiger partial charge on any atom is -0.321 e. The molecule has 0 aromatic heterocycles. The van der Waals surface area contributed by atoms with Crippen LogP contribution in [0.4, 0.5) is 18.9 Å². The second kappa shape index (κ2) is 5.89. The van der Waals surface area contributed by atoms with Gasteiger partial charge in [0.2, 0.25) is 0 Å². The van der Waals surface area contributed by atoms with Gasteiger partial charge in [0, 0.05) is 10.0 Å². The molecule has 1 N–H and O–H groups in total. The van der Waals surface area contributed by atoms with Crippen molar-refractivity contribution < 1.29 is 18.0 Å². The van der Waals surface area contributed by atoms with E-state index in [4.69, 9.17) is 0 Å². The van der Waals surface area contributed by atoms with E-state index in [0.717, 1.165) is 17.7 Å². The van der Waals surface area contributed by atoms with E-state index in [1.165, 1.54) is 12.1 Å². The van der Waals surface area contributed by atoms with Crippen molar-refractivity contribution in [2.75, 3.05) is 5.32 Å². The molecule has 0 saturated carbocycles. The van der Waals surface area contributed by atoms with Gasteiger partial charge >= 0.3 is 6.18 Å². The molecule has 6 heteroatoms. The van der Waals surface area contributed by atoms with E-state index in [9.17, 15) is 18.0 Å². The number of aryl methyl sites for hydroxylation is 1. The van der Waals surface area contributed by atoms with Gasteiger partial charge in [-0.05, 0) is 52.7 Å². The summed E-state index contributed by atoms with van der Waals surface area (Å²) in [6, 6.07) is 9.59. The number of nitrogens with one attached hydrogen (secondary N) is 1. The molecule has 2 aromatic carbocycles. The molecule has 0 bridgehead atoms. The van der Waals surface area contributed by atoms with Gasteiger partial charge in [0.15, 0.2) is 0 Å². The lowest BCUT2D eigenvalue weighted by molar-refractivity contribution is -0.137. The average Bonchev–Trinajstić information content (AvgIpc) is 2.43. The minimum atomic E-state index is -4.47. The summed E-state index contributed by atoms with van der Waals surface area (Å²) in [5, 5.41) is 2.59. The smallest absolute Gasteiger partial charge is 0.321 e. The van der Waals surface area contributed by atoms with Crippen LogP contribution in [-0.4, -0.2) is 5.91 Å². The Labute approximate surface area is 128 Å². The lowest BCUT2D eigenvalue weighted by Crippen LogP contribution is -2.14. The maximum absolute atomic E-state index is 12.6. The molecule has 2 aromatic rings. The van der Waals surface area contributed by atoms with Crippen LogP contribution in [0.25, 0.3) is 0 Å². The highest BCUT2D eigenvalue weighted by atomic mass is 79.9. The Morgan fingerprint density at radius 3 is 2.48 bits per heavy atom. The molecule has 0 saturated heterocycles. The molecule has 0 aliphatic heterocycles. The highest BCUT2D eigenvalue weighted by molar-refractivity contribution is 9.10. The Morgan fingerprint density at radius 1 is 1.14 bits per heavy atom. The van der Waals surface area contributed by atoms with E-state index < -0.39 is 17.6 Å². The molecule has 0 aliphatic rings. The molecule has 0 spiro atoms. The summed E-state index contributed by atoms with van der Waals surface area (Å²) in [4.78, 5) is 12.1. The first-order valence-electron chi connectivity index (χ1n) is 6.03. The molecule has 2 nitrogen and oxygen atoms in total. The summed E-state index contributed by atoms with van der Waals surface area (Å²) in [6.45, 7) is 1.85. The van der Waals surface area contributed by atoms with E-state index in [2.05, 4.69) is 21.2 Å². The van der Waals surface area contributed by atoms with E-state index in [1.54, 1.807) is 12.1 Å². The first-order valence-corrected chi connectivity index (χ1v) is 6.82. The minimum absolute atomic E-state index is 0.0433. The van der Waals surface area contributed by atoms with Crippen LogP contribution in [0, 0.1) is 6.92 Å². The second-order valence-corrected chi connectivity index (χ2v) is 5.26. The molecule has 21 heavy (non-hydrogen) atoms. The van der Waals surface area contributed by atoms with Crippen molar-refractivity contribution in [3.63, 3.8) is 0 Å². The Balaban J connectivity index is 2.27. The SMILES string of the molecule is Cc1cccc(NC(=O)c2cccc(C(F)(F)F)c2)c1Br. The number of benzene rings is 2. The molecule has 0 fully saturated rings. The Bertz CT molecular complexity index is 683. The molecule has 0 heterocycles. The van der Waals surface area contributed by atoms with E-state index >= 15 is 0 Å². The number of hydrogen-bond donors (Lipinski definition) is 1. The number of rotatable bonds is 2. The van der Waals surface area contributed by atoms with Gasteiger partial charge < -0.3 is 5.32 Å². The third kappa shape index (κ3) is 3.64. The number of carbonyl (C=O) groups is 1. The molecule has 110 valence electrons. The van der Waals surface area contributed by atoms with Gasteiger partial charge in [-0.3, -0.25) is 4.79 Å². The van der Waals surface area contributed by atoms with Crippen molar-refractivity contribution in [1.29, 1.82) is 0 Å². The number of alkyl halides is 3. The lowest BCUT2D eigenvalue weighted by Gasteiger charge is -2.11. The average molecular weight is 358 g/mol. The van der Waals surface area contributed by atoms with Crippen LogP contribution >= 0.6 is 15.9 Å². The number of amides is 1. The zero-order valence-electron chi connectivity index (χ0n) is 11.0. The van der Waals surface area contributed by atoms with Gasteiger partial charge in [-0.2, -0.15) is 13.2 Å². The Morgan fingerprint density at radius 2 is 1.81 bits per heavy atom. The molecule has 0 radical (unpaired) electrons. The van der Waals surface area contributed by atoms with Crippen LogP contribution in [-0.2, 0) is 6.18 Å². The first-order chi connectivity index (χ1) is 9.79. The molecular weight excluding hydrogens is 347 g/mol. The monoisotopic (exact) mass is 357 g/mol. The van der Waals surface area contributed by atoms with Crippen LogP contribution in [0.5, 0.6) is 0 Å². The van der Waals surface area contributed by atoms with Gasteiger partial charge in [-0.1, -0.05) is 18.2 Å². The molecule has 0 atom stereocenters. The van der Waals surface area contributed by atoms with Crippen molar-refractivity contribution in [3.8, 4) is 0 Å². The quantitative estimate of drug-likeness (QED) is 0.802. The second-order valence-electron chi connectivity index (χ2n) is 4.47. The van der Waals surface area contributed by atoms with Gasteiger partial charge in [-0.25, -0.2) is 0 Å². The zero-order chi connectivity index (χ0) is 15.6. The summed E-state index contributed by atoms with van der Waals surface area (Å²) in [5.41, 5.74) is 0.533. The van der Waals surface area contributed by atoms with E-state index in [-0.39, 0.29) is 5.56 Å². The maximum atomic E-state index is 12.6. The molecule has 1 amide bonds. The fraction of sp³-hybridized carbons (Fsp3) is 0.133. The summed E-state index contributed by atoms with van der Waals surface area (Å²) in [5.74, 6) is -0.590. The third-order valence-corrected chi connectivity index (χ3v) is 3.94. The van der Waals surface area contributed by atoms with E-state index in [1.807, 2.05) is 13.0 Å². The standard InChI is InChI=1S/C15H11BrF3NO/c1-9-4-2-7-12(13(9)16)20-14(21)10-5-3-6-11(8-10)15(17,18)19/h2-8H,1H3,(H,20,21). The summed E-state index contributed by atoms with van der Waals surface area (Å²) < 4.78 is 38.6. The van der Waals surface area contributed by atoms with Gasteiger partial charge in [0.05, 0.1) is 11.3 Å². The van der Waals surface area contributed by atoms with E-state index in [0.29, 0.717) is 10.2 Å². The van der Waals surface area contributed by atoms with Gasteiger partial charge in [-0.15, -0.1) is 0 Å². The highest BCUT2D eigenvalue weighted by Crippen LogP contribution is 2.30. The van der Waals surface area contributed by atoms with Crippen molar-refractivity contribution in [3.05, 3.63) is 63.6 Å². The zero-order valence-corrected chi connectivity index (χ0v) is 12.5. The Kier molecular flexibility index (Phi) is 4.37. The number of carbonyl (C=O) groups excluding carboxylic acids is 1.